The topological polar surface area (TPSA) is 28.0 Å². The van der Waals surface area contributed by atoms with Gasteiger partial charge in [0.25, 0.3) is 0 Å². The molecule has 0 aromatic heterocycles. The molecule has 0 N–H and O–H groups in total. The van der Waals surface area contributed by atoms with Gasteiger partial charge in [-0.2, -0.15) is 5.11 Å². The molecule has 0 atom stereocenters. The predicted octanol–water partition coefficient (Wildman–Crippen LogP) is 2.23. The molecule has 0 saturated carbocycles. The van der Waals surface area contributed by atoms with E-state index in [-0.39, 0.29) is 0 Å². The summed E-state index contributed by atoms with van der Waals surface area (Å²) in [6.07, 6.45) is 1.67. The van der Waals surface area contributed by atoms with E-state index in [0.717, 1.165) is 6.54 Å². The highest BCUT2D eigenvalue weighted by Crippen LogP contribution is 1.98. The first-order valence-electron chi connectivity index (χ1n) is 3.50. The van der Waals surface area contributed by atoms with E-state index in [9.17, 15) is 0 Å². The van der Waals surface area contributed by atoms with Gasteiger partial charge in [-0.3, -0.25) is 5.01 Å². The maximum atomic E-state index is 3.90. The first-order valence-corrected chi connectivity index (χ1v) is 3.50. The Kier molecular flexibility index (Phi) is 4.54. The Bertz CT molecular complexity index is 118. The van der Waals surface area contributed by atoms with Gasteiger partial charge in [-0.1, -0.05) is 11.8 Å². The minimum absolute atomic E-state index is 0.341. The summed E-state index contributed by atoms with van der Waals surface area (Å²) in [4.78, 5) is 0. The van der Waals surface area contributed by atoms with Crippen LogP contribution in [0.1, 0.15) is 20.8 Å². The van der Waals surface area contributed by atoms with Crippen LogP contribution in [-0.4, -0.2) is 17.6 Å². The predicted molar refractivity (Wildman–Crippen MR) is 42.6 cm³/mol. The molecule has 3 nitrogen and oxygen atoms in total. The fraction of sp³-hybridized carbons (Fsp3) is 0.714. The molecule has 0 saturated heterocycles. The number of rotatable bonds is 4. The molecule has 0 aromatic carbocycles. The molecular weight excluding hydrogens is 126 g/mol. The Morgan fingerprint density at radius 2 is 2.20 bits per heavy atom. The van der Waals surface area contributed by atoms with Gasteiger partial charge in [0.1, 0.15) is 0 Å². The Hall–Kier alpha value is -0.860. The molecule has 0 aliphatic carbocycles. The van der Waals surface area contributed by atoms with E-state index >= 15 is 0 Å². The second-order valence-electron chi connectivity index (χ2n) is 2.20. The van der Waals surface area contributed by atoms with Gasteiger partial charge in [-0.15, -0.1) is 0 Å². The molecule has 0 amide bonds. The van der Waals surface area contributed by atoms with Gasteiger partial charge in [0.05, 0.1) is 6.54 Å². The van der Waals surface area contributed by atoms with E-state index in [0.29, 0.717) is 6.04 Å². The molecule has 0 spiro atoms. The third-order valence-electron chi connectivity index (χ3n) is 1.02. The van der Waals surface area contributed by atoms with Crippen LogP contribution in [0.4, 0.5) is 0 Å². The van der Waals surface area contributed by atoms with Crippen LogP contribution in [0.25, 0.3) is 0 Å². The van der Waals surface area contributed by atoms with Crippen molar-refractivity contribution in [1.82, 2.24) is 5.01 Å². The molecule has 0 bridgehead atoms. The zero-order chi connectivity index (χ0) is 7.98. The van der Waals surface area contributed by atoms with Gasteiger partial charge in [0.15, 0.2) is 0 Å². The van der Waals surface area contributed by atoms with Crippen LogP contribution in [0, 0.1) is 0 Å². The van der Waals surface area contributed by atoms with Crippen LogP contribution in [0.2, 0.25) is 0 Å². The molecule has 0 aliphatic heterocycles. The van der Waals surface area contributed by atoms with Crippen LogP contribution in [-0.2, 0) is 0 Å². The lowest BCUT2D eigenvalue weighted by Gasteiger charge is -2.15. The van der Waals surface area contributed by atoms with Crippen LogP contribution in [0.15, 0.2) is 23.1 Å². The maximum absolute atomic E-state index is 3.90. The molecule has 10 heavy (non-hydrogen) atoms. The van der Waals surface area contributed by atoms with E-state index in [1.165, 1.54) is 0 Å². The lowest BCUT2D eigenvalue weighted by Crippen LogP contribution is -2.18. The van der Waals surface area contributed by atoms with Crippen molar-refractivity contribution in [3.8, 4) is 0 Å². The smallest absolute Gasteiger partial charge is 0.0592 e. The summed E-state index contributed by atoms with van der Waals surface area (Å²) >= 11 is 0. The van der Waals surface area contributed by atoms with Crippen molar-refractivity contribution in [3.05, 3.63) is 12.8 Å². The van der Waals surface area contributed by atoms with Crippen LogP contribution in [0.5, 0.6) is 0 Å². The molecule has 0 aromatic rings. The monoisotopic (exact) mass is 141 g/mol. The van der Waals surface area contributed by atoms with Crippen molar-refractivity contribution in [2.75, 3.05) is 6.54 Å². The summed E-state index contributed by atoms with van der Waals surface area (Å²) < 4.78 is 0. The van der Waals surface area contributed by atoms with Gasteiger partial charge >= 0.3 is 0 Å². The van der Waals surface area contributed by atoms with E-state index in [1.54, 1.807) is 11.2 Å². The SMILES string of the molecule is C=CN(N=NCC)C(C)C. The standard InChI is InChI=1S/C7H15N3/c1-5-8-9-10(6-2)7(3)4/h6-7H,2,5H2,1,3-4H3. The number of nitrogens with zero attached hydrogens (tertiary/aromatic N) is 3. The van der Waals surface area contributed by atoms with Crippen molar-refractivity contribution < 1.29 is 0 Å². The summed E-state index contributed by atoms with van der Waals surface area (Å²) in [6.45, 7) is 10.4. The van der Waals surface area contributed by atoms with Gasteiger partial charge in [0, 0.05) is 12.2 Å². The number of hydrogen-bond donors (Lipinski definition) is 0. The quantitative estimate of drug-likeness (QED) is 0.436. The van der Waals surface area contributed by atoms with E-state index in [4.69, 9.17) is 0 Å². The first-order chi connectivity index (χ1) is 4.72. The minimum atomic E-state index is 0.341. The zero-order valence-corrected chi connectivity index (χ0v) is 6.91. The van der Waals surface area contributed by atoms with Crippen molar-refractivity contribution in [2.45, 2.75) is 26.8 Å². The Morgan fingerprint density at radius 1 is 1.60 bits per heavy atom. The molecule has 3 heteroatoms. The average molecular weight is 141 g/mol. The first kappa shape index (κ1) is 9.14. The van der Waals surface area contributed by atoms with Crippen molar-refractivity contribution in [3.63, 3.8) is 0 Å². The minimum Gasteiger partial charge on any atom is -0.253 e. The lowest BCUT2D eigenvalue weighted by atomic mass is 10.4. The van der Waals surface area contributed by atoms with Crippen LogP contribution < -0.4 is 0 Å². The molecular formula is C7H15N3. The third kappa shape index (κ3) is 3.22. The largest absolute Gasteiger partial charge is 0.253 e. The van der Waals surface area contributed by atoms with Gasteiger partial charge in [0.2, 0.25) is 0 Å². The van der Waals surface area contributed by atoms with Gasteiger partial charge < -0.3 is 0 Å². The third-order valence-corrected chi connectivity index (χ3v) is 1.02. The second-order valence-corrected chi connectivity index (χ2v) is 2.20. The summed E-state index contributed by atoms with van der Waals surface area (Å²) in [7, 11) is 0. The Morgan fingerprint density at radius 3 is 2.50 bits per heavy atom. The lowest BCUT2D eigenvalue weighted by molar-refractivity contribution is 0.304. The normalized spacial score (nSPS) is 10.8. The molecule has 0 heterocycles. The highest BCUT2D eigenvalue weighted by atomic mass is 15.5. The Balaban J connectivity index is 3.82. The fourth-order valence-electron chi connectivity index (χ4n) is 0.487. The van der Waals surface area contributed by atoms with E-state index < -0.39 is 0 Å². The van der Waals surface area contributed by atoms with Crippen molar-refractivity contribution >= 4 is 0 Å². The highest BCUT2D eigenvalue weighted by Gasteiger charge is 1.98. The van der Waals surface area contributed by atoms with Gasteiger partial charge in [-0.05, 0) is 20.8 Å². The van der Waals surface area contributed by atoms with Crippen LogP contribution >= 0.6 is 0 Å². The van der Waals surface area contributed by atoms with Crippen molar-refractivity contribution in [2.24, 2.45) is 10.3 Å². The summed E-state index contributed by atoms with van der Waals surface area (Å²) in [6, 6.07) is 0.341. The van der Waals surface area contributed by atoms with Crippen LogP contribution in [0.3, 0.4) is 0 Å². The molecule has 0 aliphatic rings. The Labute approximate surface area is 62.4 Å². The summed E-state index contributed by atoms with van der Waals surface area (Å²) in [5.74, 6) is 0. The summed E-state index contributed by atoms with van der Waals surface area (Å²) in [5, 5.41) is 9.47. The summed E-state index contributed by atoms with van der Waals surface area (Å²) in [5.41, 5.74) is 0. The highest BCUT2D eigenvalue weighted by molar-refractivity contribution is 4.68. The number of hydrogen-bond acceptors (Lipinski definition) is 2. The second kappa shape index (κ2) is 4.97. The molecule has 0 fully saturated rings. The molecule has 58 valence electrons. The van der Waals surface area contributed by atoms with E-state index in [1.807, 2.05) is 20.8 Å². The molecule has 0 radical (unpaired) electrons. The average Bonchev–Trinajstić information content (AvgIpc) is 1.89. The fourth-order valence-corrected chi connectivity index (χ4v) is 0.487. The molecule has 0 unspecified atom stereocenters. The van der Waals surface area contributed by atoms with Crippen molar-refractivity contribution in [1.29, 1.82) is 0 Å². The molecule has 0 rings (SSSR count). The van der Waals surface area contributed by atoms with E-state index in [2.05, 4.69) is 16.9 Å². The van der Waals surface area contributed by atoms with Gasteiger partial charge in [-0.25, -0.2) is 0 Å². The zero-order valence-electron chi connectivity index (χ0n) is 6.91. The maximum Gasteiger partial charge on any atom is 0.0592 e.